The molecule has 11 heteroatoms. The second-order valence-corrected chi connectivity index (χ2v) is 9.13. The van der Waals surface area contributed by atoms with Crippen LogP contribution in [0, 0.1) is 0 Å². The molecule has 0 amide bonds. The number of carbonyl (C=O) groups excluding carboxylic acids is 1. The van der Waals surface area contributed by atoms with Crippen LogP contribution in [-0.4, -0.2) is 50.6 Å². The number of halogens is 4. The Morgan fingerprint density at radius 1 is 1.29 bits per heavy atom. The van der Waals surface area contributed by atoms with Gasteiger partial charge in [-0.1, -0.05) is 0 Å². The summed E-state index contributed by atoms with van der Waals surface area (Å²) in [6.07, 6.45) is 0.509. The first kappa shape index (κ1) is 21.7. The van der Waals surface area contributed by atoms with Crippen LogP contribution >= 0.6 is 27.7 Å². The van der Waals surface area contributed by atoms with Crippen molar-refractivity contribution in [1.29, 1.82) is 0 Å². The second kappa shape index (κ2) is 7.86. The summed E-state index contributed by atoms with van der Waals surface area (Å²) in [6, 6.07) is 3.72. The van der Waals surface area contributed by atoms with Gasteiger partial charge in [-0.15, -0.1) is 11.8 Å². The molecule has 0 fully saturated rings. The lowest BCUT2D eigenvalue weighted by atomic mass is 9.87. The van der Waals surface area contributed by atoms with E-state index in [2.05, 4.69) is 25.9 Å². The third-order valence-electron chi connectivity index (χ3n) is 5.06. The number of carboxylic acids is 1. The van der Waals surface area contributed by atoms with Gasteiger partial charge in [0.15, 0.2) is 0 Å². The molecule has 1 aliphatic carbocycles. The van der Waals surface area contributed by atoms with Crippen LogP contribution in [0.1, 0.15) is 27.2 Å². The summed E-state index contributed by atoms with van der Waals surface area (Å²) in [5.74, 6) is -2.45. The topological polar surface area (TPSA) is 103 Å². The number of nitrogens with one attached hydrogen (secondary N) is 1. The van der Waals surface area contributed by atoms with Gasteiger partial charge >= 0.3 is 12.1 Å². The van der Waals surface area contributed by atoms with E-state index in [1.807, 2.05) is 18.3 Å². The number of fused-ring (bicyclic) bond motifs is 1. The van der Waals surface area contributed by atoms with Gasteiger partial charge < -0.3 is 15.2 Å². The monoisotopic (exact) mass is 514 g/mol. The van der Waals surface area contributed by atoms with Crippen LogP contribution in [0.2, 0.25) is 0 Å². The summed E-state index contributed by atoms with van der Waals surface area (Å²) >= 11 is 5.01. The van der Waals surface area contributed by atoms with Crippen LogP contribution < -0.4 is 0 Å². The highest BCUT2D eigenvalue weighted by molar-refractivity contribution is 9.10. The molecule has 0 spiro atoms. The van der Waals surface area contributed by atoms with E-state index in [0.29, 0.717) is 10.2 Å². The first-order chi connectivity index (χ1) is 14.6. The molecule has 0 bridgehead atoms. The lowest BCUT2D eigenvalue weighted by molar-refractivity contribution is -0.192. The number of alkyl halides is 3. The van der Waals surface area contributed by atoms with Crippen molar-refractivity contribution < 1.29 is 33.0 Å². The molecule has 0 radical (unpaired) electrons. The Bertz CT molecular complexity index is 1140. The van der Waals surface area contributed by atoms with Crippen LogP contribution in [0.5, 0.6) is 5.75 Å². The summed E-state index contributed by atoms with van der Waals surface area (Å²) in [7, 11) is 0. The minimum absolute atomic E-state index is 0.0609. The molecular formula is C20H14BrF3N2O4S. The lowest BCUT2D eigenvalue weighted by Gasteiger charge is -2.21. The number of benzene rings is 1. The van der Waals surface area contributed by atoms with Gasteiger partial charge in [-0.2, -0.15) is 13.2 Å². The fourth-order valence-corrected chi connectivity index (χ4v) is 5.38. The SMILES string of the molecule is O=C(O)C(F)(F)F.O=C1C(C2Cc3cc(Br)c(O)cc3S2)=CC2=NCCc3c[nH]c1c32. The van der Waals surface area contributed by atoms with E-state index >= 15 is 0 Å². The molecule has 3 N–H and O–H groups in total. The van der Waals surface area contributed by atoms with Crippen molar-refractivity contribution in [2.75, 3.05) is 6.54 Å². The first-order valence-electron chi connectivity index (χ1n) is 9.05. The maximum absolute atomic E-state index is 13.0. The maximum atomic E-state index is 13.0. The number of rotatable bonds is 1. The number of aromatic nitrogens is 1. The molecule has 3 heterocycles. The van der Waals surface area contributed by atoms with E-state index in [0.717, 1.165) is 46.7 Å². The summed E-state index contributed by atoms with van der Waals surface area (Å²) < 4.78 is 32.4. The summed E-state index contributed by atoms with van der Waals surface area (Å²) in [5.41, 5.74) is 5.76. The van der Waals surface area contributed by atoms with Crippen LogP contribution in [0.4, 0.5) is 13.2 Å². The number of aliphatic carboxylic acids is 1. The minimum Gasteiger partial charge on any atom is -0.507 e. The van der Waals surface area contributed by atoms with Gasteiger partial charge in [0.1, 0.15) is 5.75 Å². The Morgan fingerprint density at radius 2 is 2.00 bits per heavy atom. The van der Waals surface area contributed by atoms with E-state index in [-0.39, 0.29) is 16.8 Å². The van der Waals surface area contributed by atoms with Crippen LogP contribution in [0.15, 0.2) is 44.3 Å². The van der Waals surface area contributed by atoms with E-state index in [1.54, 1.807) is 17.8 Å². The molecule has 1 aromatic heterocycles. The highest BCUT2D eigenvalue weighted by Gasteiger charge is 2.38. The number of phenolic OH excluding ortho intramolecular Hbond substituents is 1. The smallest absolute Gasteiger partial charge is 0.490 e. The number of carbonyl (C=O) groups is 2. The molecule has 5 rings (SSSR count). The zero-order valence-corrected chi connectivity index (χ0v) is 18.0. The minimum atomic E-state index is -5.08. The van der Waals surface area contributed by atoms with E-state index in [4.69, 9.17) is 9.90 Å². The Labute approximate surface area is 186 Å². The molecule has 6 nitrogen and oxygen atoms in total. The van der Waals surface area contributed by atoms with E-state index in [9.17, 15) is 23.1 Å². The van der Waals surface area contributed by atoms with Crippen LogP contribution in [0.25, 0.3) is 0 Å². The van der Waals surface area contributed by atoms with Crippen LogP contribution in [-0.2, 0) is 17.6 Å². The zero-order chi connectivity index (χ0) is 22.5. The molecular weight excluding hydrogens is 501 g/mol. The second-order valence-electron chi connectivity index (χ2n) is 7.03. The van der Waals surface area contributed by atoms with Crippen molar-refractivity contribution in [3.63, 3.8) is 0 Å². The molecule has 0 saturated carbocycles. The Morgan fingerprint density at radius 3 is 2.68 bits per heavy atom. The van der Waals surface area contributed by atoms with E-state index < -0.39 is 12.1 Å². The number of hydrogen-bond acceptors (Lipinski definition) is 5. The van der Waals surface area contributed by atoms with Gasteiger partial charge in [0.2, 0.25) is 5.78 Å². The van der Waals surface area contributed by atoms with Crippen molar-refractivity contribution in [3.8, 4) is 5.75 Å². The predicted molar refractivity (Wildman–Crippen MR) is 111 cm³/mol. The van der Waals surface area contributed by atoms with Crippen molar-refractivity contribution in [1.82, 2.24) is 4.98 Å². The molecule has 2 aliphatic heterocycles. The summed E-state index contributed by atoms with van der Waals surface area (Å²) in [4.78, 5) is 30.7. The predicted octanol–water partition coefficient (Wildman–Crippen LogP) is 4.30. The Hall–Kier alpha value is -2.53. The van der Waals surface area contributed by atoms with Crippen molar-refractivity contribution in [2.45, 2.75) is 29.2 Å². The van der Waals surface area contributed by atoms with Crippen LogP contribution in [0.3, 0.4) is 0 Å². The molecule has 0 saturated heterocycles. The molecule has 31 heavy (non-hydrogen) atoms. The van der Waals surface area contributed by atoms with Crippen molar-refractivity contribution in [2.24, 2.45) is 4.99 Å². The van der Waals surface area contributed by atoms with Gasteiger partial charge in [0.05, 0.1) is 15.9 Å². The fraction of sp³-hybridized carbons (Fsp3) is 0.250. The summed E-state index contributed by atoms with van der Waals surface area (Å²) in [5, 5.41) is 17.1. The number of ketones is 1. The molecule has 1 aromatic carbocycles. The number of hydrogen-bond donors (Lipinski definition) is 3. The molecule has 162 valence electrons. The number of H-pyrrole nitrogens is 1. The van der Waals surface area contributed by atoms with E-state index in [1.165, 1.54) is 5.56 Å². The first-order valence-corrected chi connectivity index (χ1v) is 10.7. The standard InChI is InChI=1S/C18H13BrN2O2S.C2HF3O2/c19-11-3-9-4-15(24-14(9)6-13(11)22)10-5-12-16-8(1-2-20-12)7-21-17(16)18(10)23;3-2(4,5)1(6)7/h3,5-7,15,21-22H,1-2,4H2;(H,6,7). The average Bonchev–Trinajstić information content (AvgIpc) is 3.30. The number of nitrogens with zero attached hydrogens (tertiary/aromatic N) is 1. The molecule has 1 unspecified atom stereocenters. The van der Waals surface area contributed by atoms with Gasteiger partial charge in [0.25, 0.3) is 0 Å². The van der Waals surface area contributed by atoms with Gasteiger partial charge in [-0.25, -0.2) is 4.79 Å². The molecule has 1 atom stereocenters. The summed E-state index contributed by atoms with van der Waals surface area (Å²) in [6.45, 7) is 0.774. The maximum Gasteiger partial charge on any atom is 0.490 e. The lowest BCUT2D eigenvalue weighted by Crippen LogP contribution is -2.25. The van der Waals surface area contributed by atoms with Gasteiger partial charge in [0, 0.05) is 34.0 Å². The Kier molecular flexibility index (Phi) is 5.50. The Balaban J connectivity index is 0.000000289. The number of aromatic amines is 1. The third kappa shape index (κ3) is 4.03. The number of thioether (sulfide) groups is 1. The van der Waals surface area contributed by atoms with Crippen molar-refractivity contribution >= 4 is 45.2 Å². The van der Waals surface area contributed by atoms with Gasteiger partial charge in [-0.3, -0.25) is 9.79 Å². The molecule has 3 aliphatic rings. The molecule has 2 aromatic rings. The average molecular weight is 515 g/mol. The fourth-order valence-electron chi connectivity index (χ4n) is 3.64. The highest BCUT2D eigenvalue weighted by Crippen LogP contribution is 2.45. The normalized spacial score (nSPS) is 19.0. The van der Waals surface area contributed by atoms with Gasteiger partial charge in [-0.05, 0) is 58.1 Å². The number of aromatic hydroxyl groups is 1. The number of aliphatic imine (C=N–C) groups is 1. The zero-order valence-electron chi connectivity index (χ0n) is 15.6. The number of phenols is 1. The van der Waals surface area contributed by atoms with Crippen molar-refractivity contribution in [3.05, 3.63) is 56.8 Å². The third-order valence-corrected chi connectivity index (χ3v) is 7.03. The number of allylic oxidation sites excluding steroid dienone is 1. The largest absolute Gasteiger partial charge is 0.507 e. The number of Topliss-reactive ketones (excluding diaryl/α,β-unsaturated/α-hetero) is 1. The highest BCUT2D eigenvalue weighted by atomic mass is 79.9. The number of carboxylic acid groups (broad SMARTS) is 1. The quantitative estimate of drug-likeness (QED) is 0.526.